The molecule has 27 heavy (non-hydrogen) atoms. The summed E-state index contributed by atoms with van der Waals surface area (Å²) >= 11 is 0. The molecule has 0 saturated carbocycles. The summed E-state index contributed by atoms with van der Waals surface area (Å²) in [5.74, 6) is -0.232. The summed E-state index contributed by atoms with van der Waals surface area (Å²) in [5.41, 5.74) is 3.06. The van der Waals surface area contributed by atoms with Gasteiger partial charge in [-0.05, 0) is 44.2 Å². The number of aromatic nitrogens is 2. The van der Waals surface area contributed by atoms with Gasteiger partial charge in [0, 0.05) is 5.56 Å². The number of para-hydroxylation sites is 2. The van der Waals surface area contributed by atoms with E-state index in [-0.39, 0.29) is 11.5 Å². The minimum Gasteiger partial charge on any atom is -0.434 e. The normalized spacial score (nSPS) is 11.3. The molecule has 2 aromatic carbocycles. The third kappa shape index (κ3) is 4.11. The molecule has 1 heterocycles. The molecule has 0 aliphatic rings. The molecule has 6 heteroatoms. The number of ketones is 1. The molecule has 0 aliphatic carbocycles. The first kappa shape index (κ1) is 18.5. The van der Waals surface area contributed by atoms with Crippen LogP contribution in [0.15, 0.2) is 60.7 Å². The van der Waals surface area contributed by atoms with E-state index in [0.717, 1.165) is 5.69 Å². The maximum atomic E-state index is 12.7. The number of aryl methyl sites for hydroxylation is 1. The van der Waals surface area contributed by atoms with E-state index >= 15 is 0 Å². The number of benzene rings is 2. The molecule has 138 valence electrons. The Morgan fingerprint density at radius 2 is 1.74 bits per heavy atom. The fourth-order valence-corrected chi connectivity index (χ4v) is 2.89. The summed E-state index contributed by atoms with van der Waals surface area (Å²) in [7, 11) is 0. The fraction of sp³-hybridized carbons (Fsp3) is 0.143. The second-order valence-electron chi connectivity index (χ2n) is 5.91. The molecule has 0 saturated heterocycles. The molecular weight excluding hydrogens is 350 g/mol. The van der Waals surface area contributed by atoms with Crippen molar-refractivity contribution in [2.24, 2.45) is 0 Å². The highest BCUT2D eigenvalue weighted by Gasteiger charge is 2.17. The van der Waals surface area contributed by atoms with E-state index in [1.165, 1.54) is 18.2 Å². The molecule has 0 N–H and O–H groups in total. The van der Waals surface area contributed by atoms with Crippen LogP contribution in [0.5, 0.6) is 5.75 Å². The molecule has 3 aromatic rings. The lowest BCUT2D eigenvalue weighted by Gasteiger charge is -2.07. The SMILES string of the molecule is Cc1nn(-c2ccccc2)c(C)c1C(=O)/C=C\c1ccccc1OC(F)F. The number of halogens is 2. The molecule has 0 amide bonds. The number of alkyl halides is 2. The predicted molar refractivity (Wildman–Crippen MR) is 99.5 cm³/mol. The van der Waals surface area contributed by atoms with Crippen LogP contribution in [0.1, 0.15) is 27.3 Å². The van der Waals surface area contributed by atoms with E-state index in [1.807, 2.05) is 37.3 Å². The Hall–Kier alpha value is -3.28. The largest absolute Gasteiger partial charge is 0.434 e. The summed E-state index contributed by atoms with van der Waals surface area (Å²) in [6.45, 7) is 0.660. The van der Waals surface area contributed by atoms with Crippen molar-refractivity contribution < 1.29 is 18.3 Å². The van der Waals surface area contributed by atoms with Crippen LogP contribution in [-0.2, 0) is 0 Å². The number of ether oxygens (including phenoxy) is 1. The van der Waals surface area contributed by atoms with Gasteiger partial charge in [-0.2, -0.15) is 13.9 Å². The van der Waals surface area contributed by atoms with Gasteiger partial charge in [-0.15, -0.1) is 0 Å². The van der Waals surface area contributed by atoms with Gasteiger partial charge in [0.25, 0.3) is 0 Å². The lowest BCUT2D eigenvalue weighted by molar-refractivity contribution is -0.0499. The first-order valence-corrected chi connectivity index (χ1v) is 8.35. The second kappa shape index (κ2) is 7.95. The Bertz CT molecular complexity index is 979. The number of hydrogen-bond acceptors (Lipinski definition) is 3. The summed E-state index contributed by atoms with van der Waals surface area (Å²) < 4.78 is 31.2. The van der Waals surface area contributed by atoms with Gasteiger partial charge in [-0.3, -0.25) is 4.79 Å². The van der Waals surface area contributed by atoms with E-state index in [0.29, 0.717) is 22.5 Å². The van der Waals surface area contributed by atoms with Crippen LogP contribution in [0.25, 0.3) is 11.8 Å². The molecule has 0 spiro atoms. The van der Waals surface area contributed by atoms with Crippen LogP contribution in [0, 0.1) is 13.8 Å². The lowest BCUT2D eigenvalue weighted by atomic mass is 10.1. The summed E-state index contributed by atoms with van der Waals surface area (Å²) in [6.07, 6.45) is 2.82. The van der Waals surface area contributed by atoms with Crippen molar-refractivity contribution in [2.75, 3.05) is 0 Å². The van der Waals surface area contributed by atoms with E-state index < -0.39 is 6.61 Å². The molecule has 0 atom stereocenters. The third-order valence-electron chi connectivity index (χ3n) is 4.09. The number of rotatable bonds is 6. The molecule has 0 fully saturated rings. The Morgan fingerprint density at radius 3 is 2.44 bits per heavy atom. The van der Waals surface area contributed by atoms with Gasteiger partial charge in [-0.25, -0.2) is 4.68 Å². The van der Waals surface area contributed by atoms with Crippen LogP contribution < -0.4 is 4.74 Å². The van der Waals surface area contributed by atoms with Gasteiger partial charge in [0.05, 0.1) is 22.6 Å². The van der Waals surface area contributed by atoms with Crippen molar-refractivity contribution >= 4 is 11.9 Å². The number of carbonyl (C=O) groups is 1. The molecule has 0 bridgehead atoms. The standard InChI is InChI=1S/C21H18F2N2O2/c1-14-20(15(2)25(24-14)17-9-4-3-5-10-17)18(26)13-12-16-8-6-7-11-19(16)27-21(22)23/h3-13,21H,1-2H3/b13-12-. The number of hydrogen-bond donors (Lipinski definition) is 0. The number of nitrogens with zero attached hydrogens (tertiary/aromatic N) is 2. The molecule has 4 nitrogen and oxygen atoms in total. The summed E-state index contributed by atoms with van der Waals surface area (Å²) in [5, 5.41) is 4.45. The molecule has 0 radical (unpaired) electrons. The zero-order chi connectivity index (χ0) is 19.4. The average Bonchev–Trinajstić information content (AvgIpc) is 2.95. The lowest BCUT2D eigenvalue weighted by Crippen LogP contribution is -2.03. The van der Waals surface area contributed by atoms with Crippen molar-refractivity contribution in [2.45, 2.75) is 20.5 Å². The van der Waals surface area contributed by atoms with Crippen LogP contribution >= 0.6 is 0 Å². The first-order chi connectivity index (χ1) is 13.0. The summed E-state index contributed by atoms with van der Waals surface area (Å²) in [6, 6.07) is 15.8. The van der Waals surface area contributed by atoms with Crippen molar-refractivity contribution in [3.63, 3.8) is 0 Å². The van der Waals surface area contributed by atoms with Gasteiger partial charge in [0.15, 0.2) is 5.78 Å². The molecular formula is C21H18F2N2O2. The van der Waals surface area contributed by atoms with Gasteiger partial charge in [0.1, 0.15) is 5.75 Å². The smallest absolute Gasteiger partial charge is 0.387 e. The molecule has 3 rings (SSSR count). The maximum absolute atomic E-state index is 12.7. The van der Waals surface area contributed by atoms with Crippen molar-refractivity contribution in [1.82, 2.24) is 9.78 Å². The van der Waals surface area contributed by atoms with E-state index in [4.69, 9.17) is 0 Å². The van der Waals surface area contributed by atoms with E-state index in [2.05, 4.69) is 9.84 Å². The van der Waals surface area contributed by atoms with Crippen LogP contribution in [0.2, 0.25) is 0 Å². The maximum Gasteiger partial charge on any atom is 0.387 e. The van der Waals surface area contributed by atoms with Crippen molar-refractivity contribution in [3.8, 4) is 11.4 Å². The Labute approximate surface area is 155 Å². The van der Waals surface area contributed by atoms with E-state index in [9.17, 15) is 13.6 Å². The highest BCUT2D eigenvalue weighted by Crippen LogP contribution is 2.23. The Balaban J connectivity index is 1.90. The van der Waals surface area contributed by atoms with Gasteiger partial charge >= 0.3 is 6.61 Å². The van der Waals surface area contributed by atoms with Crippen LogP contribution in [0.4, 0.5) is 8.78 Å². The number of allylic oxidation sites excluding steroid dienone is 1. The number of carbonyl (C=O) groups excluding carboxylic acids is 1. The van der Waals surface area contributed by atoms with E-state index in [1.54, 1.807) is 29.8 Å². The highest BCUT2D eigenvalue weighted by molar-refractivity contribution is 6.08. The van der Waals surface area contributed by atoms with Gasteiger partial charge < -0.3 is 4.74 Å². The molecule has 0 aliphatic heterocycles. The second-order valence-corrected chi connectivity index (χ2v) is 5.91. The minimum absolute atomic E-state index is 0.0185. The monoisotopic (exact) mass is 368 g/mol. The minimum atomic E-state index is -2.93. The Morgan fingerprint density at radius 1 is 1.07 bits per heavy atom. The Kier molecular flexibility index (Phi) is 5.45. The van der Waals surface area contributed by atoms with Gasteiger partial charge in [0.2, 0.25) is 0 Å². The van der Waals surface area contributed by atoms with Crippen molar-refractivity contribution in [3.05, 3.63) is 83.2 Å². The fourth-order valence-electron chi connectivity index (χ4n) is 2.89. The zero-order valence-corrected chi connectivity index (χ0v) is 14.9. The molecule has 0 unspecified atom stereocenters. The zero-order valence-electron chi connectivity index (χ0n) is 14.9. The van der Waals surface area contributed by atoms with Crippen molar-refractivity contribution in [1.29, 1.82) is 0 Å². The quantitative estimate of drug-likeness (QED) is 0.455. The van der Waals surface area contributed by atoms with Gasteiger partial charge in [-0.1, -0.05) is 36.4 Å². The third-order valence-corrected chi connectivity index (χ3v) is 4.09. The summed E-state index contributed by atoms with van der Waals surface area (Å²) in [4.78, 5) is 12.7. The van der Waals surface area contributed by atoms with Crippen LogP contribution in [-0.4, -0.2) is 22.2 Å². The topological polar surface area (TPSA) is 44.1 Å². The highest BCUT2D eigenvalue weighted by atomic mass is 19.3. The molecule has 1 aromatic heterocycles. The van der Waals surface area contributed by atoms with Crippen LogP contribution in [0.3, 0.4) is 0 Å². The average molecular weight is 368 g/mol. The predicted octanol–water partition coefficient (Wildman–Crippen LogP) is 4.99. The first-order valence-electron chi connectivity index (χ1n) is 8.35.